The van der Waals surface area contributed by atoms with Gasteiger partial charge in [0.25, 0.3) is 0 Å². The Labute approximate surface area is 283 Å². The summed E-state index contributed by atoms with van der Waals surface area (Å²) in [5.74, 6) is -3.04. The molecule has 1 unspecified atom stereocenters. The summed E-state index contributed by atoms with van der Waals surface area (Å²) >= 11 is 0. The molecule has 1 atom stereocenters. The van der Waals surface area contributed by atoms with Crippen molar-refractivity contribution in [2.75, 3.05) is 5.75 Å². The molecule has 0 aliphatic rings. The molecule has 0 aromatic carbocycles. The zero-order valence-corrected chi connectivity index (χ0v) is 11.6. The van der Waals surface area contributed by atoms with Crippen molar-refractivity contribution >= 4 is 214 Å². The van der Waals surface area contributed by atoms with E-state index in [-0.39, 0.29) is 182 Å². The number of carbonyl (C=O) groups excluding carboxylic acids is 2. The molecule has 0 radical (unpaired) electrons. The van der Waals surface area contributed by atoms with Crippen LogP contribution in [0.1, 0.15) is 13.8 Å². The predicted octanol–water partition coefficient (Wildman–Crippen LogP) is -4.45. The second-order valence-corrected chi connectivity index (χ2v) is 6.65. The van der Waals surface area contributed by atoms with Crippen molar-refractivity contribution in [3.8, 4) is 0 Å². The average molecular weight is 675 g/mol. The van der Waals surface area contributed by atoms with Crippen LogP contribution in [0.4, 0.5) is 0 Å². The normalized spacial score (nSPS) is 11.6. The Balaban J connectivity index is -0.000000270. The number of esters is 1. The fourth-order valence-corrected chi connectivity index (χ4v) is 1.25. The van der Waals surface area contributed by atoms with E-state index in [9.17, 15) is 26.4 Å². The third-order valence-corrected chi connectivity index (χ3v) is 3.68. The van der Waals surface area contributed by atoms with Crippen molar-refractivity contribution in [3.05, 3.63) is 12.2 Å². The molecule has 15 heteroatoms. The summed E-state index contributed by atoms with van der Waals surface area (Å²) in [6.07, 6.45) is 0.918. The Morgan fingerprint density at radius 1 is 1.00 bits per heavy atom. The average Bonchev–Trinajstić information content (AvgIpc) is 2.24. The van der Waals surface area contributed by atoms with E-state index in [0.717, 1.165) is 6.92 Å². The third kappa shape index (κ3) is 21.0. The fourth-order valence-electron chi connectivity index (χ4n) is 0.612. The number of hydrogen-bond acceptors (Lipinski definition) is 8. The standard InChI is InChI=1S/C8H12O9S2.4Sr.8H/c1-3-18(11,12)17-8(10)5-4-7(9)16-6(2)19(13,14)15;;;;;;;;;;;;/h4-6H,3H2,1-2H3,(H,13,14,15);;;;;;;;;;;;/b5-4+;;;;;;;;;;;;. The van der Waals surface area contributed by atoms with Crippen molar-refractivity contribution in [2.45, 2.75) is 19.3 Å². The third-order valence-electron chi connectivity index (χ3n) is 1.62. The van der Waals surface area contributed by atoms with E-state index in [1.54, 1.807) is 0 Å². The van der Waals surface area contributed by atoms with Gasteiger partial charge < -0.3 is 8.92 Å². The molecule has 9 nitrogen and oxygen atoms in total. The first-order valence-corrected chi connectivity index (χ1v) is 7.87. The van der Waals surface area contributed by atoms with Gasteiger partial charge in [0.05, 0.1) is 5.75 Å². The van der Waals surface area contributed by atoms with Gasteiger partial charge >= 0.3 is 214 Å². The van der Waals surface area contributed by atoms with E-state index < -0.39 is 43.4 Å². The molecule has 0 heterocycles. The molecule has 0 saturated carbocycles. The zero-order chi connectivity index (χ0) is 15.3. The summed E-state index contributed by atoms with van der Waals surface area (Å²) in [4.78, 5) is 21.9. The Kier molecular flexibility index (Phi) is 30.6. The Morgan fingerprint density at radius 3 is 1.74 bits per heavy atom. The maximum atomic E-state index is 11.0. The van der Waals surface area contributed by atoms with Gasteiger partial charge in [-0.15, -0.1) is 0 Å². The summed E-state index contributed by atoms with van der Waals surface area (Å²) < 4.78 is 59.4. The van der Waals surface area contributed by atoms with Crippen molar-refractivity contribution in [3.63, 3.8) is 0 Å². The Bertz CT molecular complexity index is 585. The van der Waals surface area contributed by atoms with E-state index in [2.05, 4.69) is 8.92 Å². The number of carbonyl (C=O) groups is 2. The maximum absolute atomic E-state index is 11.0. The summed E-state index contributed by atoms with van der Waals surface area (Å²) in [6, 6.07) is 0. The summed E-state index contributed by atoms with van der Waals surface area (Å²) in [7, 11) is -8.56. The van der Waals surface area contributed by atoms with E-state index in [1.165, 1.54) is 6.92 Å². The molecule has 0 aliphatic carbocycles. The van der Waals surface area contributed by atoms with Gasteiger partial charge in [0.1, 0.15) is 0 Å². The van der Waals surface area contributed by atoms with Gasteiger partial charge in [-0.3, -0.25) is 4.55 Å². The van der Waals surface area contributed by atoms with Gasteiger partial charge in [-0.1, -0.05) is 0 Å². The van der Waals surface area contributed by atoms with Crippen LogP contribution in [-0.2, 0) is 38.7 Å². The molecule has 0 fully saturated rings. The van der Waals surface area contributed by atoms with Crippen LogP contribution in [0, 0.1) is 0 Å². The zero-order valence-electron chi connectivity index (χ0n) is 9.97. The van der Waals surface area contributed by atoms with Crippen LogP contribution in [0.5, 0.6) is 0 Å². The molecular weight excluding hydrogens is 655 g/mol. The molecule has 23 heavy (non-hydrogen) atoms. The molecule has 0 aliphatic heterocycles. The van der Waals surface area contributed by atoms with Gasteiger partial charge in [-0.2, -0.15) is 16.8 Å². The first kappa shape index (κ1) is 38.1. The Hall–Kier alpha value is 4.46. The molecule has 0 spiro atoms. The monoisotopic (exact) mass is 676 g/mol. The summed E-state index contributed by atoms with van der Waals surface area (Å²) in [5.41, 5.74) is -1.82. The second-order valence-electron chi connectivity index (χ2n) is 3.10. The first-order chi connectivity index (χ1) is 8.48. The van der Waals surface area contributed by atoms with Crippen molar-refractivity contribution < 1.29 is 39.9 Å². The van der Waals surface area contributed by atoms with E-state index in [1.807, 2.05) is 0 Å². The molecule has 0 saturated heterocycles. The second kappa shape index (κ2) is 18.5. The van der Waals surface area contributed by atoms with Crippen LogP contribution in [0.25, 0.3) is 0 Å². The molecule has 126 valence electrons. The van der Waals surface area contributed by atoms with Crippen LogP contribution in [0.2, 0.25) is 0 Å². The van der Waals surface area contributed by atoms with E-state index in [0.29, 0.717) is 12.2 Å². The van der Waals surface area contributed by atoms with Crippen LogP contribution in [-0.4, -0.2) is 226 Å². The number of rotatable bonds is 6. The number of ether oxygens (including phenoxy) is 1. The van der Waals surface area contributed by atoms with E-state index >= 15 is 0 Å². The van der Waals surface area contributed by atoms with Gasteiger partial charge in [-0.05, 0) is 13.8 Å². The molecule has 0 rings (SSSR count). The summed E-state index contributed by atoms with van der Waals surface area (Å²) in [6.45, 7) is 2.13. The van der Waals surface area contributed by atoms with Crippen LogP contribution >= 0.6 is 0 Å². The van der Waals surface area contributed by atoms with E-state index in [4.69, 9.17) is 4.55 Å². The topological polar surface area (TPSA) is 141 Å². The Morgan fingerprint density at radius 2 is 1.39 bits per heavy atom. The molecular formula is C8H20O9S2Sr4. The molecule has 0 bridgehead atoms. The molecule has 1 N–H and O–H groups in total. The van der Waals surface area contributed by atoms with Gasteiger partial charge in [0.15, 0.2) is 0 Å². The molecule has 0 amide bonds. The SMILES string of the molecule is CCS(=O)(=O)OC(=O)/C=C/C(=O)OC(C)S(=O)(=O)O.[SrH2].[SrH2].[SrH2].[SrH2]. The molecule has 0 aromatic rings. The minimum absolute atomic E-state index is 0. The van der Waals surface area contributed by atoms with Crippen molar-refractivity contribution in [2.24, 2.45) is 0 Å². The minimum atomic E-state index is -4.56. The predicted molar refractivity (Wildman–Crippen MR) is 96.0 cm³/mol. The van der Waals surface area contributed by atoms with Gasteiger partial charge in [0, 0.05) is 12.2 Å². The van der Waals surface area contributed by atoms with Crippen LogP contribution in [0.15, 0.2) is 12.2 Å². The van der Waals surface area contributed by atoms with Crippen molar-refractivity contribution in [1.29, 1.82) is 0 Å². The van der Waals surface area contributed by atoms with Crippen LogP contribution in [0.3, 0.4) is 0 Å². The van der Waals surface area contributed by atoms with Gasteiger partial charge in [0.2, 0.25) is 5.44 Å². The van der Waals surface area contributed by atoms with Gasteiger partial charge in [-0.25, -0.2) is 9.59 Å². The molecule has 0 aromatic heterocycles. The van der Waals surface area contributed by atoms with Crippen LogP contribution < -0.4 is 0 Å². The number of hydrogen-bond donors (Lipinski definition) is 1. The fraction of sp³-hybridized carbons (Fsp3) is 0.500. The quantitative estimate of drug-likeness (QED) is 0.0972. The summed E-state index contributed by atoms with van der Waals surface area (Å²) in [5, 5.41) is 0. The van der Waals surface area contributed by atoms with Crippen molar-refractivity contribution in [1.82, 2.24) is 0 Å². The first-order valence-electron chi connectivity index (χ1n) is 4.79.